The molecule has 0 aliphatic carbocycles. The number of aliphatic hydroxyl groups excluding tert-OH is 1. The van der Waals surface area contributed by atoms with E-state index >= 15 is 0 Å². The summed E-state index contributed by atoms with van der Waals surface area (Å²) >= 11 is 0. The van der Waals surface area contributed by atoms with Crippen molar-refractivity contribution in [3.8, 4) is 0 Å². The minimum absolute atomic E-state index is 0.0589. The van der Waals surface area contributed by atoms with E-state index in [2.05, 4.69) is 0 Å². The normalized spacial score (nSPS) is 25.8. The smallest absolute Gasteiger partial charge is 0.410 e. The third kappa shape index (κ3) is 3.11. The van der Waals surface area contributed by atoms with Gasteiger partial charge in [-0.25, -0.2) is 4.79 Å². The summed E-state index contributed by atoms with van der Waals surface area (Å²) in [5.41, 5.74) is 0.942. The SMILES string of the molecule is CO[C@H]1CN(C(=O)OCc2ccccc2)[C@@H](CO)[C@@H]1C. The van der Waals surface area contributed by atoms with Gasteiger partial charge in [0.25, 0.3) is 0 Å². The molecule has 110 valence electrons. The molecule has 0 saturated carbocycles. The van der Waals surface area contributed by atoms with E-state index in [9.17, 15) is 9.90 Å². The Hall–Kier alpha value is -1.59. The Morgan fingerprint density at radius 2 is 2.10 bits per heavy atom. The van der Waals surface area contributed by atoms with Crippen molar-refractivity contribution in [1.82, 2.24) is 4.90 Å². The molecule has 1 heterocycles. The van der Waals surface area contributed by atoms with Gasteiger partial charge in [0.2, 0.25) is 0 Å². The van der Waals surface area contributed by atoms with E-state index in [-0.39, 0.29) is 31.3 Å². The molecule has 1 aromatic rings. The van der Waals surface area contributed by atoms with Crippen LogP contribution in [0.5, 0.6) is 0 Å². The van der Waals surface area contributed by atoms with Crippen LogP contribution in [-0.4, -0.2) is 48.5 Å². The molecule has 0 unspecified atom stereocenters. The Kier molecular flexibility index (Phi) is 4.98. The topological polar surface area (TPSA) is 59.0 Å². The highest BCUT2D eigenvalue weighted by molar-refractivity contribution is 5.68. The molecule has 5 heteroatoms. The molecule has 1 amide bonds. The number of methoxy groups -OCH3 is 1. The number of aliphatic hydroxyl groups is 1. The summed E-state index contributed by atoms with van der Waals surface area (Å²) < 4.78 is 10.6. The molecule has 20 heavy (non-hydrogen) atoms. The van der Waals surface area contributed by atoms with Crippen molar-refractivity contribution in [3.63, 3.8) is 0 Å². The summed E-state index contributed by atoms with van der Waals surface area (Å²) in [7, 11) is 1.62. The average Bonchev–Trinajstić information content (AvgIpc) is 2.82. The molecule has 1 saturated heterocycles. The molecule has 0 spiro atoms. The lowest BCUT2D eigenvalue weighted by molar-refractivity contribution is 0.0734. The Labute approximate surface area is 119 Å². The van der Waals surface area contributed by atoms with Crippen molar-refractivity contribution in [3.05, 3.63) is 35.9 Å². The van der Waals surface area contributed by atoms with Crippen molar-refractivity contribution in [2.75, 3.05) is 20.3 Å². The van der Waals surface area contributed by atoms with Crippen LogP contribution in [0.25, 0.3) is 0 Å². The first-order valence-electron chi connectivity index (χ1n) is 6.78. The number of carbonyl (C=O) groups is 1. The van der Waals surface area contributed by atoms with Gasteiger partial charge in [-0.1, -0.05) is 37.3 Å². The van der Waals surface area contributed by atoms with Gasteiger partial charge in [0.1, 0.15) is 6.61 Å². The van der Waals surface area contributed by atoms with Crippen molar-refractivity contribution in [2.24, 2.45) is 5.92 Å². The predicted octanol–water partition coefficient (Wildman–Crippen LogP) is 1.65. The fraction of sp³-hybridized carbons (Fsp3) is 0.533. The van der Waals surface area contributed by atoms with E-state index in [1.54, 1.807) is 12.0 Å². The van der Waals surface area contributed by atoms with Crippen LogP contribution in [0.4, 0.5) is 4.79 Å². The van der Waals surface area contributed by atoms with Crippen LogP contribution in [-0.2, 0) is 16.1 Å². The van der Waals surface area contributed by atoms with Crippen LogP contribution in [0.1, 0.15) is 12.5 Å². The molecule has 0 radical (unpaired) electrons. The molecule has 2 rings (SSSR count). The molecule has 0 aromatic heterocycles. The third-order valence-corrected chi connectivity index (χ3v) is 3.90. The maximum atomic E-state index is 12.1. The van der Waals surface area contributed by atoms with Crippen molar-refractivity contribution >= 4 is 6.09 Å². The number of hydrogen-bond acceptors (Lipinski definition) is 4. The van der Waals surface area contributed by atoms with Crippen LogP contribution in [0, 0.1) is 5.92 Å². The van der Waals surface area contributed by atoms with E-state index in [0.29, 0.717) is 6.54 Å². The summed E-state index contributed by atoms with van der Waals surface area (Å²) in [6.07, 6.45) is -0.462. The molecule has 5 nitrogen and oxygen atoms in total. The van der Waals surface area contributed by atoms with E-state index in [0.717, 1.165) is 5.56 Å². The van der Waals surface area contributed by atoms with Gasteiger partial charge in [-0.3, -0.25) is 4.90 Å². The first kappa shape index (κ1) is 14.8. The summed E-state index contributed by atoms with van der Waals surface area (Å²) in [6, 6.07) is 9.28. The molecule has 0 bridgehead atoms. The Morgan fingerprint density at radius 3 is 2.70 bits per heavy atom. The van der Waals surface area contributed by atoms with Crippen LogP contribution in [0.15, 0.2) is 30.3 Å². The molecular formula is C15H21NO4. The van der Waals surface area contributed by atoms with E-state index in [4.69, 9.17) is 9.47 Å². The number of carbonyl (C=O) groups excluding carboxylic acids is 1. The summed E-state index contributed by atoms with van der Waals surface area (Å²) in [5.74, 6) is 0.0919. The van der Waals surface area contributed by atoms with Gasteiger partial charge in [-0.15, -0.1) is 0 Å². The Morgan fingerprint density at radius 1 is 1.40 bits per heavy atom. The predicted molar refractivity (Wildman–Crippen MR) is 74.2 cm³/mol. The molecule has 1 fully saturated rings. The largest absolute Gasteiger partial charge is 0.445 e. The highest BCUT2D eigenvalue weighted by Gasteiger charge is 2.42. The number of benzene rings is 1. The lowest BCUT2D eigenvalue weighted by Gasteiger charge is -2.24. The minimum Gasteiger partial charge on any atom is -0.445 e. The van der Waals surface area contributed by atoms with Crippen LogP contribution in [0.3, 0.4) is 0 Å². The maximum absolute atomic E-state index is 12.1. The van der Waals surface area contributed by atoms with Gasteiger partial charge in [0.15, 0.2) is 0 Å². The second-order valence-corrected chi connectivity index (χ2v) is 5.08. The highest BCUT2D eigenvalue weighted by atomic mass is 16.6. The number of hydrogen-bond donors (Lipinski definition) is 1. The highest BCUT2D eigenvalue weighted by Crippen LogP contribution is 2.26. The van der Waals surface area contributed by atoms with Crippen molar-refractivity contribution < 1.29 is 19.4 Å². The summed E-state index contributed by atoms with van der Waals surface area (Å²) in [5, 5.41) is 9.45. The number of likely N-dealkylation sites (tertiary alicyclic amines) is 1. The molecule has 3 atom stereocenters. The number of nitrogens with zero attached hydrogens (tertiary/aromatic N) is 1. The van der Waals surface area contributed by atoms with Gasteiger partial charge in [-0.05, 0) is 5.56 Å². The molecule has 1 aromatic carbocycles. The summed E-state index contributed by atoms with van der Waals surface area (Å²) in [6.45, 7) is 2.58. The minimum atomic E-state index is -0.403. The van der Waals surface area contributed by atoms with E-state index < -0.39 is 6.09 Å². The zero-order valence-electron chi connectivity index (χ0n) is 11.9. The molecule has 1 N–H and O–H groups in total. The van der Waals surface area contributed by atoms with Gasteiger partial charge < -0.3 is 14.6 Å². The van der Waals surface area contributed by atoms with Crippen LogP contribution >= 0.6 is 0 Å². The zero-order chi connectivity index (χ0) is 14.5. The number of rotatable bonds is 4. The van der Waals surface area contributed by atoms with Gasteiger partial charge in [-0.2, -0.15) is 0 Å². The second-order valence-electron chi connectivity index (χ2n) is 5.08. The standard InChI is InChI=1S/C15H21NO4/c1-11-13(9-17)16(8-14(11)19-2)15(18)20-10-12-6-4-3-5-7-12/h3-7,11,13-14,17H,8-10H2,1-2H3/t11-,13-,14-/m0/s1. The quantitative estimate of drug-likeness (QED) is 0.910. The van der Waals surface area contributed by atoms with E-state index in [1.165, 1.54) is 0 Å². The van der Waals surface area contributed by atoms with Crippen LogP contribution in [0.2, 0.25) is 0 Å². The van der Waals surface area contributed by atoms with Crippen molar-refractivity contribution in [2.45, 2.75) is 25.7 Å². The maximum Gasteiger partial charge on any atom is 0.410 e. The lowest BCUT2D eigenvalue weighted by Crippen LogP contribution is -2.40. The second kappa shape index (κ2) is 6.72. The number of ether oxygens (including phenoxy) is 2. The average molecular weight is 279 g/mol. The van der Waals surface area contributed by atoms with Gasteiger partial charge in [0.05, 0.1) is 25.3 Å². The third-order valence-electron chi connectivity index (χ3n) is 3.90. The first-order chi connectivity index (χ1) is 9.67. The van der Waals surface area contributed by atoms with Crippen molar-refractivity contribution in [1.29, 1.82) is 0 Å². The van der Waals surface area contributed by atoms with Gasteiger partial charge >= 0.3 is 6.09 Å². The zero-order valence-corrected chi connectivity index (χ0v) is 11.9. The molecule has 1 aliphatic rings. The fourth-order valence-corrected chi connectivity index (χ4v) is 2.59. The first-order valence-corrected chi connectivity index (χ1v) is 6.78. The lowest BCUT2D eigenvalue weighted by atomic mass is 10.0. The fourth-order valence-electron chi connectivity index (χ4n) is 2.59. The summed E-state index contributed by atoms with van der Waals surface area (Å²) in [4.78, 5) is 13.7. The molecule has 1 aliphatic heterocycles. The monoisotopic (exact) mass is 279 g/mol. The number of amides is 1. The Bertz CT molecular complexity index is 437. The van der Waals surface area contributed by atoms with Gasteiger partial charge in [0, 0.05) is 13.0 Å². The van der Waals surface area contributed by atoms with E-state index in [1.807, 2.05) is 37.3 Å². The molecular weight excluding hydrogens is 258 g/mol. The van der Waals surface area contributed by atoms with Crippen LogP contribution < -0.4 is 0 Å². The Balaban J connectivity index is 1.95.